The van der Waals surface area contributed by atoms with Crippen LogP contribution < -0.4 is 0 Å². The molecule has 0 amide bonds. The Morgan fingerprint density at radius 3 is 2.38 bits per heavy atom. The van der Waals surface area contributed by atoms with E-state index in [2.05, 4.69) is 15.5 Å². The van der Waals surface area contributed by atoms with E-state index in [-0.39, 0.29) is 22.4 Å². The van der Waals surface area contributed by atoms with E-state index < -0.39 is 15.1 Å². The van der Waals surface area contributed by atoms with Crippen LogP contribution >= 0.6 is 11.8 Å². The third-order valence-corrected chi connectivity index (χ3v) is 5.71. The van der Waals surface area contributed by atoms with Crippen LogP contribution in [0.1, 0.15) is 0 Å². The summed E-state index contributed by atoms with van der Waals surface area (Å²) in [6, 6.07) is 17.1. The van der Waals surface area contributed by atoms with Gasteiger partial charge in [-0.25, -0.2) is 13.2 Å². The molecular weight excluding hydrogens is 376 g/mol. The third kappa shape index (κ3) is 4.46. The standard InChI is InChI=1S/C16H14N4O4S2/c21-16(24-11-12-26(22,23)14-9-5-2-6-10-14)25-15-17-18-19-20(15)13-7-3-1-4-8-13/h1-10H,11-12H2. The van der Waals surface area contributed by atoms with Crippen molar-refractivity contribution in [2.24, 2.45) is 0 Å². The number of rotatable bonds is 6. The Morgan fingerprint density at radius 1 is 1.04 bits per heavy atom. The van der Waals surface area contributed by atoms with Gasteiger partial charge >= 0.3 is 5.30 Å². The highest BCUT2D eigenvalue weighted by atomic mass is 32.2. The summed E-state index contributed by atoms with van der Waals surface area (Å²) in [7, 11) is -3.50. The molecule has 3 rings (SSSR count). The maximum Gasteiger partial charge on any atom is 0.375 e. The van der Waals surface area contributed by atoms with Crippen molar-refractivity contribution in [3.63, 3.8) is 0 Å². The lowest BCUT2D eigenvalue weighted by Gasteiger charge is -2.06. The molecule has 0 fully saturated rings. The second kappa shape index (κ2) is 8.11. The molecule has 1 heterocycles. The molecule has 0 atom stereocenters. The van der Waals surface area contributed by atoms with Crippen molar-refractivity contribution in [2.75, 3.05) is 12.4 Å². The highest BCUT2D eigenvalue weighted by molar-refractivity contribution is 8.13. The minimum absolute atomic E-state index is 0.191. The van der Waals surface area contributed by atoms with Crippen molar-refractivity contribution >= 4 is 26.9 Å². The van der Waals surface area contributed by atoms with Crippen LogP contribution in [-0.2, 0) is 14.6 Å². The molecule has 0 saturated heterocycles. The van der Waals surface area contributed by atoms with Crippen molar-refractivity contribution in [2.45, 2.75) is 10.1 Å². The Morgan fingerprint density at radius 2 is 1.69 bits per heavy atom. The van der Waals surface area contributed by atoms with Gasteiger partial charge in [-0.2, -0.15) is 4.68 Å². The summed E-state index contributed by atoms with van der Waals surface area (Å²) in [5.74, 6) is -0.299. The number of ether oxygens (including phenoxy) is 1. The first kappa shape index (κ1) is 18.1. The number of hydrogen-bond acceptors (Lipinski definition) is 8. The number of nitrogens with zero attached hydrogens (tertiary/aromatic N) is 4. The van der Waals surface area contributed by atoms with Gasteiger partial charge in [0.25, 0.3) is 0 Å². The number of sulfone groups is 1. The molecule has 2 aromatic carbocycles. The number of carbonyl (C=O) groups excluding carboxylic acids is 1. The fourth-order valence-corrected chi connectivity index (χ4v) is 3.77. The van der Waals surface area contributed by atoms with Crippen LogP contribution in [0.4, 0.5) is 4.79 Å². The van der Waals surface area contributed by atoms with Crippen LogP contribution in [0.3, 0.4) is 0 Å². The summed E-state index contributed by atoms with van der Waals surface area (Å²) in [6.07, 6.45) is 0. The van der Waals surface area contributed by atoms with Gasteiger partial charge in [0.1, 0.15) is 6.61 Å². The zero-order valence-corrected chi connectivity index (χ0v) is 15.1. The van der Waals surface area contributed by atoms with Gasteiger partial charge in [-0.3, -0.25) is 0 Å². The van der Waals surface area contributed by atoms with Gasteiger partial charge in [0.05, 0.1) is 16.3 Å². The Balaban J connectivity index is 1.57. The number of aromatic nitrogens is 4. The van der Waals surface area contributed by atoms with Crippen LogP contribution in [0.5, 0.6) is 0 Å². The summed E-state index contributed by atoms with van der Waals surface area (Å²) >= 11 is 0.689. The van der Waals surface area contributed by atoms with E-state index in [1.54, 1.807) is 30.3 Å². The lowest BCUT2D eigenvalue weighted by Crippen LogP contribution is -2.14. The second-order valence-electron chi connectivity index (χ2n) is 5.04. The van der Waals surface area contributed by atoms with E-state index in [4.69, 9.17) is 4.74 Å². The average Bonchev–Trinajstić information content (AvgIpc) is 3.11. The monoisotopic (exact) mass is 390 g/mol. The zero-order chi connectivity index (χ0) is 18.4. The number of benzene rings is 2. The average molecular weight is 390 g/mol. The van der Waals surface area contributed by atoms with E-state index >= 15 is 0 Å². The van der Waals surface area contributed by atoms with Crippen LogP contribution in [-0.4, -0.2) is 46.3 Å². The molecule has 1 aromatic heterocycles. The third-order valence-electron chi connectivity index (χ3n) is 3.29. The minimum atomic E-state index is -3.50. The smallest absolute Gasteiger partial charge is 0.375 e. The van der Waals surface area contributed by atoms with Gasteiger partial charge in [-0.1, -0.05) is 36.4 Å². The van der Waals surface area contributed by atoms with Crippen LogP contribution in [0, 0.1) is 0 Å². The first-order valence-corrected chi connectivity index (χ1v) is 9.99. The zero-order valence-electron chi connectivity index (χ0n) is 13.4. The Labute approximate surface area is 154 Å². The summed E-state index contributed by atoms with van der Waals surface area (Å²) in [4.78, 5) is 12.1. The van der Waals surface area contributed by atoms with Crippen LogP contribution in [0.15, 0.2) is 70.7 Å². The van der Waals surface area contributed by atoms with E-state index in [0.29, 0.717) is 17.4 Å². The SMILES string of the molecule is O=C(OCCS(=O)(=O)c1ccccc1)Sc1nnnn1-c1ccccc1. The van der Waals surface area contributed by atoms with Crippen molar-refractivity contribution in [3.8, 4) is 5.69 Å². The lowest BCUT2D eigenvalue weighted by molar-refractivity contribution is 0.182. The van der Waals surface area contributed by atoms with Crippen molar-refractivity contribution in [1.82, 2.24) is 20.2 Å². The molecule has 0 aliphatic carbocycles. The molecule has 10 heteroatoms. The van der Waals surface area contributed by atoms with Gasteiger partial charge in [-0.15, -0.1) is 5.10 Å². The maximum atomic E-state index is 12.1. The molecule has 26 heavy (non-hydrogen) atoms. The number of carbonyl (C=O) groups is 1. The highest BCUT2D eigenvalue weighted by Gasteiger charge is 2.18. The Bertz CT molecular complexity index is 976. The predicted molar refractivity (Wildman–Crippen MR) is 94.9 cm³/mol. The number of hydrogen-bond donors (Lipinski definition) is 0. The molecule has 0 aliphatic heterocycles. The van der Waals surface area contributed by atoms with Gasteiger partial charge in [0.15, 0.2) is 9.84 Å². The molecule has 8 nitrogen and oxygen atoms in total. The normalized spacial score (nSPS) is 11.2. The largest absolute Gasteiger partial charge is 0.456 e. The summed E-state index contributed by atoms with van der Waals surface area (Å²) < 4.78 is 30.7. The topological polar surface area (TPSA) is 104 Å². The summed E-state index contributed by atoms with van der Waals surface area (Å²) in [5.41, 5.74) is 0.694. The summed E-state index contributed by atoms with van der Waals surface area (Å²) in [5, 5.41) is 10.7. The van der Waals surface area contributed by atoms with Crippen molar-refractivity contribution in [3.05, 3.63) is 60.7 Å². The molecule has 0 saturated carbocycles. The maximum absolute atomic E-state index is 12.1. The van der Waals surface area contributed by atoms with Gasteiger partial charge in [0, 0.05) is 11.8 Å². The van der Waals surface area contributed by atoms with E-state index in [1.165, 1.54) is 16.8 Å². The van der Waals surface area contributed by atoms with Crippen molar-refractivity contribution < 1.29 is 17.9 Å². The highest BCUT2D eigenvalue weighted by Crippen LogP contribution is 2.20. The quantitative estimate of drug-likeness (QED) is 0.467. The van der Waals surface area contributed by atoms with E-state index in [0.717, 1.165) is 0 Å². The molecule has 134 valence electrons. The first-order chi connectivity index (χ1) is 12.6. The first-order valence-electron chi connectivity index (χ1n) is 7.52. The minimum Gasteiger partial charge on any atom is -0.456 e. The lowest BCUT2D eigenvalue weighted by atomic mass is 10.3. The van der Waals surface area contributed by atoms with Gasteiger partial charge < -0.3 is 4.74 Å². The molecule has 0 unspecified atom stereocenters. The molecular formula is C16H14N4O4S2. The number of thioether (sulfide) groups is 1. The molecule has 0 aliphatic rings. The fraction of sp³-hybridized carbons (Fsp3) is 0.125. The molecule has 0 N–H and O–H groups in total. The van der Waals surface area contributed by atoms with Crippen molar-refractivity contribution in [1.29, 1.82) is 0 Å². The fourth-order valence-electron chi connectivity index (χ4n) is 2.06. The van der Waals surface area contributed by atoms with E-state index in [9.17, 15) is 13.2 Å². The molecule has 0 radical (unpaired) electrons. The Kier molecular flexibility index (Phi) is 5.64. The van der Waals surface area contributed by atoms with Gasteiger partial charge in [0.2, 0.25) is 5.16 Å². The second-order valence-corrected chi connectivity index (χ2v) is 8.05. The van der Waals surface area contributed by atoms with Crippen LogP contribution in [0.2, 0.25) is 0 Å². The van der Waals surface area contributed by atoms with Gasteiger partial charge in [-0.05, 0) is 34.7 Å². The molecule has 0 spiro atoms. The number of tetrazole rings is 1. The predicted octanol–water partition coefficient (Wildman–Crippen LogP) is 2.36. The molecule has 3 aromatic rings. The Hall–Kier alpha value is -2.72. The van der Waals surface area contributed by atoms with E-state index in [1.807, 2.05) is 18.2 Å². The molecule has 0 bridgehead atoms. The summed E-state index contributed by atoms with van der Waals surface area (Å²) in [6.45, 7) is -0.254. The van der Waals surface area contributed by atoms with Crippen LogP contribution in [0.25, 0.3) is 5.69 Å². The number of para-hydroxylation sites is 1.